The average Bonchev–Trinajstić information content (AvgIpc) is 2.78. The van der Waals surface area contributed by atoms with E-state index >= 15 is 0 Å². The number of imidazole rings is 1. The van der Waals surface area contributed by atoms with Gasteiger partial charge in [0.15, 0.2) is 0 Å². The zero-order chi connectivity index (χ0) is 13.0. The summed E-state index contributed by atoms with van der Waals surface area (Å²) in [6.45, 7) is 3.09. The average molecular weight is 356 g/mol. The lowest BCUT2D eigenvalue weighted by atomic mass is 10.1. The molecule has 0 aliphatic heterocycles. The zero-order valence-corrected chi connectivity index (χ0v) is 12.5. The lowest BCUT2D eigenvalue weighted by molar-refractivity contribution is 0.174. The highest BCUT2D eigenvalue weighted by molar-refractivity contribution is 14.1. The molecule has 1 aromatic carbocycles. The minimum Gasteiger partial charge on any atom is -0.388 e. The fourth-order valence-corrected chi connectivity index (χ4v) is 2.31. The van der Waals surface area contributed by atoms with Gasteiger partial charge in [0.05, 0.1) is 6.10 Å². The number of halogens is 1. The van der Waals surface area contributed by atoms with Crippen molar-refractivity contribution >= 4 is 22.6 Å². The molecule has 18 heavy (non-hydrogen) atoms. The quantitative estimate of drug-likeness (QED) is 0.836. The van der Waals surface area contributed by atoms with Crippen LogP contribution in [-0.4, -0.2) is 14.7 Å². The van der Waals surface area contributed by atoms with E-state index in [4.69, 9.17) is 0 Å². The summed E-state index contributed by atoms with van der Waals surface area (Å²) in [5, 5.41) is 10.2. The van der Waals surface area contributed by atoms with Crippen LogP contribution < -0.4 is 0 Å². The first-order valence-electron chi connectivity index (χ1n) is 6.14. The molecule has 1 heterocycles. The lowest BCUT2D eigenvalue weighted by Gasteiger charge is -2.12. The Labute approximate surface area is 121 Å². The molecule has 3 nitrogen and oxygen atoms in total. The fraction of sp³-hybridized carbons (Fsp3) is 0.357. The second-order valence-corrected chi connectivity index (χ2v) is 5.55. The molecular formula is C14H17IN2O. The van der Waals surface area contributed by atoms with Crippen molar-refractivity contribution in [2.45, 2.75) is 32.4 Å². The van der Waals surface area contributed by atoms with Gasteiger partial charge in [0.1, 0.15) is 5.82 Å². The van der Waals surface area contributed by atoms with Gasteiger partial charge in [0.25, 0.3) is 0 Å². The molecule has 0 spiro atoms. The Bertz CT molecular complexity index is 493. The SMILES string of the molecule is CCCn1ccnc1CC(O)c1ccc(I)cc1. The van der Waals surface area contributed by atoms with E-state index in [1.165, 1.54) is 3.57 Å². The Morgan fingerprint density at radius 3 is 2.72 bits per heavy atom. The zero-order valence-electron chi connectivity index (χ0n) is 10.4. The smallest absolute Gasteiger partial charge is 0.111 e. The standard InChI is InChI=1S/C14H17IN2O/c1-2-8-17-9-7-16-14(17)10-13(18)11-3-5-12(15)6-4-11/h3-7,9,13,18H,2,8,10H2,1H3. The summed E-state index contributed by atoms with van der Waals surface area (Å²) in [7, 11) is 0. The topological polar surface area (TPSA) is 38.0 Å². The van der Waals surface area contributed by atoms with Crippen molar-refractivity contribution in [3.05, 3.63) is 51.6 Å². The molecule has 0 aliphatic rings. The van der Waals surface area contributed by atoms with Crippen LogP contribution in [0.25, 0.3) is 0 Å². The first-order chi connectivity index (χ1) is 8.70. The van der Waals surface area contributed by atoms with Crippen molar-refractivity contribution in [2.75, 3.05) is 0 Å². The van der Waals surface area contributed by atoms with Crippen molar-refractivity contribution < 1.29 is 5.11 Å². The summed E-state index contributed by atoms with van der Waals surface area (Å²) in [5.41, 5.74) is 0.946. The Morgan fingerprint density at radius 2 is 2.06 bits per heavy atom. The summed E-state index contributed by atoms with van der Waals surface area (Å²) < 4.78 is 3.28. The Kier molecular flexibility index (Phi) is 4.77. The van der Waals surface area contributed by atoms with Crippen LogP contribution in [0.1, 0.15) is 30.8 Å². The minimum absolute atomic E-state index is 0.486. The van der Waals surface area contributed by atoms with Crippen LogP contribution in [0.2, 0.25) is 0 Å². The van der Waals surface area contributed by atoms with E-state index in [0.717, 1.165) is 24.4 Å². The second kappa shape index (κ2) is 6.33. The molecule has 0 radical (unpaired) electrons. The van der Waals surface area contributed by atoms with Crippen molar-refractivity contribution in [3.63, 3.8) is 0 Å². The highest BCUT2D eigenvalue weighted by Gasteiger charge is 2.12. The third-order valence-corrected chi connectivity index (χ3v) is 3.62. The van der Waals surface area contributed by atoms with Gasteiger partial charge in [0.2, 0.25) is 0 Å². The molecule has 2 rings (SSSR count). The summed E-state index contributed by atoms with van der Waals surface area (Å²) in [6.07, 6.45) is 4.92. The van der Waals surface area contributed by atoms with Crippen molar-refractivity contribution in [1.29, 1.82) is 0 Å². The van der Waals surface area contributed by atoms with Crippen LogP contribution in [0.4, 0.5) is 0 Å². The van der Waals surface area contributed by atoms with Gasteiger partial charge in [-0.3, -0.25) is 0 Å². The molecule has 4 heteroatoms. The molecule has 0 saturated carbocycles. The Hall–Kier alpha value is -0.880. The normalized spacial score (nSPS) is 12.6. The maximum absolute atomic E-state index is 10.2. The van der Waals surface area contributed by atoms with E-state index < -0.39 is 6.10 Å². The number of aromatic nitrogens is 2. The van der Waals surface area contributed by atoms with Gasteiger partial charge in [-0.05, 0) is 46.7 Å². The molecule has 0 saturated heterocycles. The molecule has 1 unspecified atom stereocenters. The number of aliphatic hydroxyl groups is 1. The van der Waals surface area contributed by atoms with Gasteiger partial charge in [-0.15, -0.1) is 0 Å². The molecule has 0 amide bonds. The molecule has 0 fully saturated rings. The fourth-order valence-electron chi connectivity index (χ4n) is 1.95. The summed E-state index contributed by atoms with van der Waals surface area (Å²) in [5.74, 6) is 0.947. The second-order valence-electron chi connectivity index (χ2n) is 4.31. The van der Waals surface area contributed by atoms with Crippen molar-refractivity contribution in [2.24, 2.45) is 0 Å². The molecule has 1 atom stereocenters. The maximum Gasteiger partial charge on any atom is 0.111 e. The molecule has 1 aromatic heterocycles. The van der Waals surface area contributed by atoms with E-state index in [1.807, 2.05) is 30.5 Å². The molecule has 2 aromatic rings. The van der Waals surface area contributed by atoms with Crippen LogP contribution in [0.15, 0.2) is 36.7 Å². The number of nitrogens with zero attached hydrogens (tertiary/aromatic N) is 2. The number of rotatable bonds is 5. The molecule has 96 valence electrons. The third-order valence-electron chi connectivity index (χ3n) is 2.90. The van der Waals surface area contributed by atoms with Crippen LogP contribution in [0.3, 0.4) is 0 Å². The Morgan fingerprint density at radius 1 is 1.33 bits per heavy atom. The van der Waals surface area contributed by atoms with Gasteiger partial charge >= 0.3 is 0 Å². The largest absolute Gasteiger partial charge is 0.388 e. The molecular weight excluding hydrogens is 339 g/mol. The number of hydrogen-bond donors (Lipinski definition) is 1. The summed E-state index contributed by atoms with van der Waals surface area (Å²) in [6, 6.07) is 7.97. The lowest BCUT2D eigenvalue weighted by Crippen LogP contribution is -2.09. The monoisotopic (exact) mass is 356 g/mol. The van der Waals surface area contributed by atoms with Crippen LogP contribution >= 0.6 is 22.6 Å². The van der Waals surface area contributed by atoms with E-state index in [0.29, 0.717) is 6.42 Å². The van der Waals surface area contributed by atoms with E-state index in [-0.39, 0.29) is 0 Å². The predicted octanol–water partition coefficient (Wildman–Crippen LogP) is 3.17. The van der Waals surface area contributed by atoms with Crippen LogP contribution in [0, 0.1) is 3.57 Å². The molecule has 1 N–H and O–H groups in total. The number of benzene rings is 1. The molecule has 0 aliphatic carbocycles. The van der Waals surface area contributed by atoms with Crippen LogP contribution in [-0.2, 0) is 13.0 Å². The number of hydrogen-bond acceptors (Lipinski definition) is 2. The van der Waals surface area contributed by atoms with E-state index in [2.05, 4.69) is 39.1 Å². The maximum atomic E-state index is 10.2. The minimum atomic E-state index is -0.486. The highest BCUT2D eigenvalue weighted by atomic mass is 127. The van der Waals surface area contributed by atoms with Gasteiger partial charge < -0.3 is 9.67 Å². The van der Waals surface area contributed by atoms with Crippen LogP contribution in [0.5, 0.6) is 0 Å². The number of aryl methyl sites for hydroxylation is 1. The van der Waals surface area contributed by atoms with Gasteiger partial charge in [-0.2, -0.15) is 0 Å². The van der Waals surface area contributed by atoms with Crippen molar-refractivity contribution in [3.8, 4) is 0 Å². The summed E-state index contributed by atoms with van der Waals surface area (Å²) in [4.78, 5) is 4.32. The highest BCUT2D eigenvalue weighted by Crippen LogP contribution is 2.18. The first-order valence-corrected chi connectivity index (χ1v) is 7.22. The van der Waals surface area contributed by atoms with Gasteiger partial charge in [-0.1, -0.05) is 19.1 Å². The molecule has 0 bridgehead atoms. The number of aliphatic hydroxyl groups excluding tert-OH is 1. The van der Waals surface area contributed by atoms with Crippen molar-refractivity contribution in [1.82, 2.24) is 9.55 Å². The predicted molar refractivity (Wildman–Crippen MR) is 80.3 cm³/mol. The van der Waals surface area contributed by atoms with Gasteiger partial charge in [0, 0.05) is 28.9 Å². The third kappa shape index (κ3) is 3.32. The first kappa shape index (κ1) is 13.5. The van der Waals surface area contributed by atoms with Gasteiger partial charge in [-0.25, -0.2) is 4.98 Å². The summed E-state index contributed by atoms with van der Waals surface area (Å²) >= 11 is 2.26. The Balaban J connectivity index is 2.08. The van der Waals surface area contributed by atoms with E-state index in [1.54, 1.807) is 6.20 Å². The van der Waals surface area contributed by atoms with E-state index in [9.17, 15) is 5.11 Å².